The van der Waals surface area contributed by atoms with Crippen LogP contribution in [-0.4, -0.2) is 8.33 Å². The highest BCUT2D eigenvalue weighted by Gasteiger charge is 2.34. The maximum absolute atomic E-state index is 13.9. The molecule has 128 valence electrons. The smallest absolute Gasteiger partial charge is 0.277 e. The highest BCUT2D eigenvalue weighted by molar-refractivity contribution is 7.14. The second-order valence-corrected chi connectivity index (χ2v) is 6.98. The zero-order valence-corrected chi connectivity index (χ0v) is 13.6. The lowest BCUT2D eigenvalue weighted by Crippen LogP contribution is -2.13. The summed E-state index contributed by atoms with van der Waals surface area (Å²) in [5.74, 6) is -0.635. The van der Waals surface area contributed by atoms with Crippen molar-refractivity contribution >= 4 is 43.2 Å². The Bertz CT molecular complexity index is 1250. The Balaban J connectivity index is 2.10. The van der Waals surface area contributed by atoms with Gasteiger partial charge >= 0.3 is 6.18 Å². The molecule has 4 rings (SSSR count). The maximum atomic E-state index is 13.9. The molecule has 0 saturated heterocycles. The first-order chi connectivity index (χ1) is 11.8. The summed E-state index contributed by atoms with van der Waals surface area (Å²) >= 11 is 1.27. The molecule has 25 heavy (non-hydrogen) atoms. The topological polar surface area (TPSA) is 54.9 Å². The number of rotatable bonds is 1. The number of nitrogens with zero attached hydrogens (tertiary/aromatic N) is 1. The number of hydrogen-bond acceptors (Lipinski definition) is 4. The Hall–Kier alpha value is -2.46. The number of hydrogen-bond donors (Lipinski definition) is 1. The SMILES string of the molecule is O=c1[nH]sc2c(C(F)(F)F)cc(-n3sc4c(F)cccc4c3=O)cc12. The molecule has 0 spiro atoms. The van der Waals surface area contributed by atoms with E-state index in [2.05, 4.69) is 4.37 Å². The summed E-state index contributed by atoms with van der Waals surface area (Å²) < 4.78 is 56.9. The van der Waals surface area contributed by atoms with Gasteiger partial charge in [0.1, 0.15) is 5.82 Å². The third kappa shape index (κ3) is 2.40. The average Bonchev–Trinajstić information content (AvgIpc) is 3.08. The molecule has 2 aromatic carbocycles. The number of fused-ring (bicyclic) bond motifs is 2. The van der Waals surface area contributed by atoms with Crippen molar-refractivity contribution in [2.24, 2.45) is 0 Å². The molecule has 0 saturated carbocycles. The lowest BCUT2D eigenvalue weighted by molar-refractivity contribution is -0.136. The zero-order valence-electron chi connectivity index (χ0n) is 12.0. The third-order valence-corrected chi connectivity index (χ3v) is 5.76. The highest BCUT2D eigenvalue weighted by Crippen LogP contribution is 2.37. The predicted octanol–water partition coefficient (Wildman–Crippen LogP) is 4.11. The van der Waals surface area contributed by atoms with Gasteiger partial charge in [-0.2, -0.15) is 13.2 Å². The van der Waals surface area contributed by atoms with Gasteiger partial charge in [0.15, 0.2) is 0 Å². The van der Waals surface area contributed by atoms with Crippen LogP contribution in [-0.2, 0) is 6.18 Å². The van der Waals surface area contributed by atoms with Gasteiger partial charge in [-0.3, -0.25) is 14.0 Å². The van der Waals surface area contributed by atoms with Crippen molar-refractivity contribution in [1.29, 1.82) is 0 Å². The van der Waals surface area contributed by atoms with Crippen LogP contribution in [0.3, 0.4) is 0 Å². The lowest BCUT2D eigenvalue weighted by atomic mass is 10.1. The Morgan fingerprint density at radius 2 is 1.80 bits per heavy atom. The van der Waals surface area contributed by atoms with Crippen molar-refractivity contribution in [3.8, 4) is 5.69 Å². The standard InChI is InChI=1S/C15H6F4N2O2S2/c16-10-3-1-2-7-12(10)25-21(14(7)23)6-4-8-11(24-20-13(8)22)9(5-6)15(17,18)19/h1-5H,(H,20,22). The summed E-state index contributed by atoms with van der Waals surface area (Å²) in [5.41, 5.74) is -2.46. The number of nitrogens with one attached hydrogen (secondary N) is 1. The van der Waals surface area contributed by atoms with Crippen LogP contribution in [0, 0.1) is 5.82 Å². The van der Waals surface area contributed by atoms with Crippen molar-refractivity contribution in [3.05, 3.63) is 62.4 Å². The van der Waals surface area contributed by atoms with Crippen molar-refractivity contribution in [2.75, 3.05) is 0 Å². The van der Waals surface area contributed by atoms with E-state index in [1.165, 1.54) is 18.2 Å². The second-order valence-electron chi connectivity index (χ2n) is 5.21. The fourth-order valence-electron chi connectivity index (χ4n) is 2.55. The molecule has 0 amide bonds. The molecule has 0 bridgehead atoms. The normalized spacial score (nSPS) is 12.3. The minimum atomic E-state index is -4.70. The summed E-state index contributed by atoms with van der Waals surface area (Å²) in [7, 11) is 0. The fraction of sp³-hybridized carbons (Fsp3) is 0.0667. The predicted molar refractivity (Wildman–Crippen MR) is 88.4 cm³/mol. The minimum absolute atomic E-state index is 0.0420. The van der Waals surface area contributed by atoms with Crippen LogP contribution in [0.25, 0.3) is 25.9 Å². The summed E-state index contributed by atoms with van der Waals surface area (Å²) in [6, 6.07) is 5.91. The van der Waals surface area contributed by atoms with E-state index >= 15 is 0 Å². The zero-order chi connectivity index (χ0) is 17.9. The number of aromatic nitrogens is 2. The largest absolute Gasteiger partial charge is 0.417 e. The molecule has 2 heterocycles. The third-order valence-electron chi connectivity index (χ3n) is 3.67. The van der Waals surface area contributed by atoms with Crippen LogP contribution >= 0.6 is 23.1 Å². The number of H-pyrrole nitrogens is 1. The van der Waals surface area contributed by atoms with Crippen molar-refractivity contribution in [1.82, 2.24) is 8.33 Å². The van der Waals surface area contributed by atoms with E-state index in [-0.39, 0.29) is 25.9 Å². The van der Waals surface area contributed by atoms with Crippen molar-refractivity contribution < 1.29 is 17.6 Å². The number of halogens is 4. The molecule has 4 nitrogen and oxygen atoms in total. The van der Waals surface area contributed by atoms with Gasteiger partial charge in [-0.1, -0.05) is 17.6 Å². The molecule has 0 unspecified atom stereocenters. The van der Waals surface area contributed by atoms with E-state index in [0.29, 0.717) is 23.1 Å². The summed E-state index contributed by atoms with van der Waals surface area (Å²) in [4.78, 5) is 24.2. The summed E-state index contributed by atoms with van der Waals surface area (Å²) in [6.07, 6.45) is -4.70. The van der Waals surface area contributed by atoms with E-state index in [1.54, 1.807) is 0 Å². The van der Waals surface area contributed by atoms with Gasteiger partial charge in [0.2, 0.25) is 0 Å². The number of benzene rings is 2. The van der Waals surface area contributed by atoms with Gasteiger partial charge in [0.05, 0.1) is 31.4 Å². The molecule has 0 atom stereocenters. The van der Waals surface area contributed by atoms with Crippen LogP contribution in [0.15, 0.2) is 39.9 Å². The van der Waals surface area contributed by atoms with Gasteiger partial charge in [-0.05, 0) is 35.8 Å². The average molecular weight is 386 g/mol. The Morgan fingerprint density at radius 3 is 2.48 bits per heavy atom. The van der Waals surface area contributed by atoms with Gasteiger partial charge < -0.3 is 0 Å². The first-order valence-electron chi connectivity index (χ1n) is 6.81. The fourth-order valence-corrected chi connectivity index (χ4v) is 4.39. The van der Waals surface area contributed by atoms with Gasteiger partial charge in [-0.15, -0.1) is 0 Å². The second kappa shape index (κ2) is 5.27. The van der Waals surface area contributed by atoms with Gasteiger partial charge in [-0.25, -0.2) is 8.35 Å². The quantitative estimate of drug-likeness (QED) is 0.501. The van der Waals surface area contributed by atoms with E-state index in [9.17, 15) is 27.2 Å². The van der Waals surface area contributed by atoms with Crippen molar-refractivity contribution in [2.45, 2.75) is 6.18 Å². The molecule has 0 aliphatic carbocycles. The first-order valence-corrected chi connectivity index (χ1v) is 8.39. The summed E-state index contributed by atoms with van der Waals surface area (Å²) in [6.45, 7) is 0. The molecular weight excluding hydrogens is 380 g/mol. The van der Waals surface area contributed by atoms with E-state index in [0.717, 1.165) is 16.1 Å². The van der Waals surface area contributed by atoms with Crippen LogP contribution in [0.4, 0.5) is 17.6 Å². The number of aromatic amines is 1. The Morgan fingerprint density at radius 1 is 1.04 bits per heavy atom. The van der Waals surface area contributed by atoms with E-state index < -0.39 is 28.7 Å². The highest BCUT2D eigenvalue weighted by atomic mass is 32.1. The molecule has 0 aliphatic rings. The Kier molecular flexibility index (Phi) is 3.38. The van der Waals surface area contributed by atoms with Crippen LogP contribution < -0.4 is 11.1 Å². The lowest BCUT2D eigenvalue weighted by Gasteiger charge is -2.09. The van der Waals surface area contributed by atoms with Crippen molar-refractivity contribution in [3.63, 3.8) is 0 Å². The monoisotopic (exact) mass is 386 g/mol. The molecule has 1 N–H and O–H groups in total. The van der Waals surface area contributed by atoms with Gasteiger partial charge in [0, 0.05) is 0 Å². The molecule has 2 aromatic heterocycles. The molecule has 4 aromatic rings. The molecule has 0 radical (unpaired) electrons. The first kappa shape index (κ1) is 16.0. The Labute approximate surface area is 143 Å². The number of alkyl halides is 3. The molecule has 10 heteroatoms. The summed E-state index contributed by atoms with van der Waals surface area (Å²) in [5, 5.41) is -0.0995. The van der Waals surface area contributed by atoms with E-state index in [1.807, 2.05) is 0 Å². The maximum Gasteiger partial charge on any atom is 0.417 e. The molecule has 0 aliphatic heterocycles. The molecular formula is C15H6F4N2O2S2. The van der Waals surface area contributed by atoms with Gasteiger partial charge in [0.25, 0.3) is 11.1 Å². The van der Waals surface area contributed by atoms with Crippen LogP contribution in [0.1, 0.15) is 5.56 Å². The minimum Gasteiger partial charge on any atom is -0.277 e. The van der Waals surface area contributed by atoms with Crippen LogP contribution in [0.2, 0.25) is 0 Å². The molecule has 0 fully saturated rings. The van der Waals surface area contributed by atoms with Crippen LogP contribution in [0.5, 0.6) is 0 Å². The van der Waals surface area contributed by atoms with E-state index in [4.69, 9.17) is 0 Å².